The fourth-order valence-corrected chi connectivity index (χ4v) is 2.70. The highest BCUT2D eigenvalue weighted by Crippen LogP contribution is 2.27. The molecule has 18 heavy (non-hydrogen) atoms. The van der Waals surface area contributed by atoms with E-state index in [-0.39, 0.29) is 5.03 Å². The Morgan fingerprint density at radius 2 is 2.06 bits per heavy atom. The second-order valence-electron chi connectivity index (χ2n) is 3.99. The number of rotatable bonds is 3. The number of nitrogens with two attached hydrogens (primary N) is 1. The van der Waals surface area contributed by atoms with E-state index in [0.717, 1.165) is 5.56 Å². The Morgan fingerprint density at radius 1 is 1.33 bits per heavy atom. The smallest absolute Gasteiger partial charge is 0.278 e. The van der Waals surface area contributed by atoms with Crippen LogP contribution in [0, 0.1) is 13.8 Å². The van der Waals surface area contributed by atoms with Gasteiger partial charge in [-0.05, 0) is 31.0 Å². The molecule has 6 nitrogen and oxygen atoms in total. The molecule has 1 aromatic carbocycles. The molecule has 1 aromatic heterocycles. The number of hydrogen-bond acceptors (Lipinski definition) is 4. The monoisotopic (exact) mass is 266 g/mol. The molecule has 2 rings (SSSR count). The van der Waals surface area contributed by atoms with Crippen LogP contribution in [0.4, 0.5) is 11.4 Å². The van der Waals surface area contributed by atoms with Crippen molar-refractivity contribution < 1.29 is 8.42 Å². The third-order valence-corrected chi connectivity index (χ3v) is 3.99. The molecule has 1 heterocycles. The molecule has 0 atom stereocenters. The summed E-state index contributed by atoms with van der Waals surface area (Å²) in [5, 5.41) is 0.0173. The first-order valence-electron chi connectivity index (χ1n) is 5.28. The predicted octanol–water partition coefficient (Wildman–Crippen LogP) is 1.41. The molecule has 0 aliphatic carbocycles. The summed E-state index contributed by atoms with van der Waals surface area (Å²) in [6.45, 7) is 3.59. The van der Waals surface area contributed by atoms with E-state index in [0.29, 0.717) is 16.9 Å². The lowest BCUT2D eigenvalue weighted by Gasteiger charge is -2.13. The van der Waals surface area contributed by atoms with Crippen molar-refractivity contribution in [1.82, 2.24) is 9.97 Å². The highest BCUT2D eigenvalue weighted by atomic mass is 32.2. The van der Waals surface area contributed by atoms with Crippen molar-refractivity contribution in [2.24, 2.45) is 0 Å². The number of imidazole rings is 1. The zero-order chi connectivity index (χ0) is 13.3. The Labute approximate surface area is 105 Å². The van der Waals surface area contributed by atoms with Gasteiger partial charge in [0.15, 0.2) is 5.03 Å². The maximum Gasteiger partial charge on any atom is 0.278 e. The lowest BCUT2D eigenvalue weighted by atomic mass is 10.1. The number of aromatic nitrogens is 2. The Balaban J connectivity index is 2.45. The fourth-order valence-electron chi connectivity index (χ4n) is 1.60. The van der Waals surface area contributed by atoms with Crippen LogP contribution < -0.4 is 10.5 Å². The summed E-state index contributed by atoms with van der Waals surface area (Å²) < 4.78 is 26.6. The summed E-state index contributed by atoms with van der Waals surface area (Å²) in [5.74, 6) is 0. The van der Waals surface area contributed by atoms with E-state index in [4.69, 9.17) is 5.73 Å². The van der Waals surface area contributed by atoms with Crippen molar-refractivity contribution in [1.29, 1.82) is 0 Å². The van der Waals surface area contributed by atoms with Crippen molar-refractivity contribution in [2.75, 3.05) is 10.5 Å². The Bertz CT molecular complexity index is 663. The predicted molar refractivity (Wildman–Crippen MR) is 69.7 cm³/mol. The number of hydrogen-bond donors (Lipinski definition) is 3. The topological polar surface area (TPSA) is 101 Å². The number of aryl methyl sites for hydroxylation is 1. The van der Waals surface area contributed by atoms with Crippen LogP contribution in [0.5, 0.6) is 0 Å². The standard InChI is InChI=1S/C11H14N4O2S/c1-7-3-4-9(12)8(2)11(7)15-18(16,17)10-5-13-6-14-10/h3-6,15H,12H2,1-2H3,(H,13,14). The fraction of sp³-hybridized carbons (Fsp3) is 0.182. The molecule has 0 saturated heterocycles. The first-order chi connectivity index (χ1) is 8.42. The summed E-state index contributed by atoms with van der Waals surface area (Å²) in [6.07, 6.45) is 2.56. The molecule has 96 valence electrons. The molecule has 0 unspecified atom stereocenters. The van der Waals surface area contributed by atoms with Gasteiger partial charge in [0.2, 0.25) is 0 Å². The first kappa shape index (κ1) is 12.4. The lowest BCUT2D eigenvalue weighted by molar-refractivity contribution is 0.598. The minimum Gasteiger partial charge on any atom is -0.398 e. The summed E-state index contributed by atoms with van der Waals surface area (Å²) in [7, 11) is -3.66. The SMILES string of the molecule is Cc1ccc(N)c(C)c1NS(=O)(=O)c1cnc[nH]1. The van der Waals surface area contributed by atoms with E-state index in [1.165, 1.54) is 12.5 Å². The van der Waals surface area contributed by atoms with E-state index >= 15 is 0 Å². The third-order valence-electron chi connectivity index (χ3n) is 2.71. The highest BCUT2D eigenvalue weighted by Gasteiger charge is 2.18. The number of nitrogen functional groups attached to an aromatic ring is 1. The lowest BCUT2D eigenvalue weighted by Crippen LogP contribution is -2.15. The molecule has 0 spiro atoms. The van der Waals surface area contributed by atoms with Gasteiger partial charge in [0.1, 0.15) is 0 Å². The van der Waals surface area contributed by atoms with Crippen LogP contribution in [-0.4, -0.2) is 18.4 Å². The average molecular weight is 266 g/mol. The van der Waals surface area contributed by atoms with Crippen molar-refractivity contribution in [2.45, 2.75) is 18.9 Å². The van der Waals surface area contributed by atoms with Crippen LogP contribution in [-0.2, 0) is 10.0 Å². The third kappa shape index (κ3) is 2.17. The molecule has 0 bridgehead atoms. The molecule has 2 aromatic rings. The molecular formula is C11H14N4O2S. The van der Waals surface area contributed by atoms with Crippen LogP contribution in [0.1, 0.15) is 11.1 Å². The number of nitrogens with one attached hydrogen (secondary N) is 2. The minimum absolute atomic E-state index is 0.0173. The van der Waals surface area contributed by atoms with Crippen LogP contribution in [0.15, 0.2) is 29.7 Å². The van der Waals surface area contributed by atoms with Gasteiger partial charge in [-0.15, -0.1) is 0 Å². The van der Waals surface area contributed by atoms with Crippen LogP contribution in [0.25, 0.3) is 0 Å². The van der Waals surface area contributed by atoms with Crippen LogP contribution in [0.2, 0.25) is 0 Å². The molecule has 0 amide bonds. The summed E-state index contributed by atoms with van der Waals surface area (Å²) in [5.41, 5.74) is 8.34. The molecule has 4 N–H and O–H groups in total. The zero-order valence-electron chi connectivity index (χ0n) is 10.1. The second kappa shape index (κ2) is 4.34. The van der Waals surface area contributed by atoms with E-state index in [1.54, 1.807) is 19.1 Å². The van der Waals surface area contributed by atoms with Crippen molar-refractivity contribution in [3.05, 3.63) is 35.8 Å². The zero-order valence-corrected chi connectivity index (χ0v) is 10.9. The van der Waals surface area contributed by atoms with Gasteiger partial charge in [-0.1, -0.05) is 6.07 Å². The molecule has 0 radical (unpaired) electrons. The Hall–Kier alpha value is -2.02. The molecule has 0 aliphatic heterocycles. The summed E-state index contributed by atoms with van der Waals surface area (Å²) >= 11 is 0. The normalized spacial score (nSPS) is 11.4. The average Bonchev–Trinajstić information content (AvgIpc) is 2.84. The number of H-pyrrole nitrogens is 1. The van der Waals surface area contributed by atoms with Gasteiger partial charge in [0.25, 0.3) is 10.0 Å². The highest BCUT2D eigenvalue weighted by molar-refractivity contribution is 7.92. The van der Waals surface area contributed by atoms with Gasteiger partial charge in [-0.2, -0.15) is 8.42 Å². The largest absolute Gasteiger partial charge is 0.398 e. The minimum atomic E-state index is -3.66. The number of aromatic amines is 1. The van der Waals surface area contributed by atoms with Gasteiger partial charge in [0.05, 0.1) is 18.2 Å². The second-order valence-corrected chi connectivity index (χ2v) is 5.64. The number of sulfonamides is 1. The maximum atomic E-state index is 12.1. The molecule has 0 aliphatic rings. The van der Waals surface area contributed by atoms with Crippen LogP contribution >= 0.6 is 0 Å². The number of nitrogens with zero attached hydrogens (tertiary/aromatic N) is 1. The summed E-state index contributed by atoms with van der Waals surface area (Å²) in [4.78, 5) is 6.25. The van der Waals surface area contributed by atoms with E-state index in [1.807, 2.05) is 6.92 Å². The van der Waals surface area contributed by atoms with Gasteiger partial charge >= 0.3 is 0 Å². The number of anilines is 2. The molecule has 7 heteroatoms. The van der Waals surface area contributed by atoms with E-state index < -0.39 is 10.0 Å². The van der Waals surface area contributed by atoms with E-state index in [2.05, 4.69) is 14.7 Å². The van der Waals surface area contributed by atoms with Gasteiger partial charge in [-0.25, -0.2) is 4.98 Å². The van der Waals surface area contributed by atoms with Crippen molar-refractivity contribution >= 4 is 21.4 Å². The molecule has 0 fully saturated rings. The number of benzene rings is 1. The summed E-state index contributed by atoms with van der Waals surface area (Å²) in [6, 6.07) is 3.52. The molecule has 0 saturated carbocycles. The Morgan fingerprint density at radius 3 is 2.67 bits per heavy atom. The van der Waals surface area contributed by atoms with Crippen LogP contribution in [0.3, 0.4) is 0 Å². The quantitative estimate of drug-likeness (QED) is 0.731. The first-order valence-corrected chi connectivity index (χ1v) is 6.77. The van der Waals surface area contributed by atoms with Gasteiger partial charge in [0, 0.05) is 5.69 Å². The van der Waals surface area contributed by atoms with Crippen molar-refractivity contribution in [3.63, 3.8) is 0 Å². The molecular weight excluding hydrogens is 252 g/mol. The van der Waals surface area contributed by atoms with E-state index in [9.17, 15) is 8.42 Å². The Kier molecular flexibility index (Phi) is 3.00. The van der Waals surface area contributed by atoms with Crippen molar-refractivity contribution in [3.8, 4) is 0 Å². The maximum absolute atomic E-state index is 12.1. The van der Waals surface area contributed by atoms with Gasteiger partial charge < -0.3 is 10.7 Å². The van der Waals surface area contributed by atoms with Gasteiger partial charge in [-0.3, -0.25) is 4.72 Å².